The number of rotatable bonds is 3. The highest BCUT2D eigenvalue weighted by molar-refractivity contribution is 5.75. The third-order valence-electron chi connectivity index (χ3n) is 5.47. The van der Waals surface area contributed by atoms with Gasteiger partial charge in [-0.3, -0.25) is 4.79 Å². The Bertz CT molecular complexity index is 582. The number of carbonyl (C=O) groups excluding carboxylic acids is 2. The van der Waals surface area contributed by atoms with Crippen LogP contribution in [0, 0.1) is 0 Å². The van der Waals surface area contributed by atoms with Crippen molar-refractivity contribution in [1.29, 1.82) is 0 Å². The van der Waals surface area contributed by atoms with Gasteiger partial charge in [0.05, 0.1) is 0 Å². The standard InChI is InChI=1S/C20H29N3O2/c1-16(24)22-13-10-18(11-14-22)21-20(25)23-12-6-5-9-19(23)15-17-7-3-2-4-8-17/h2-4,7-8,18-19H,5-6,9-15H2,1H3,(H,21,25). The normalized spacial score (nSPS) is 21.9. The van der Waals surface area contributed by atoms with Crippen LogP contribution in [0.5, 0.6) is 0 Å². The van der Waals surface area contributed by atoms with Crippen LogP contribution >= 0.6 is 0 Å². The zero-order valence-electron chi connectivity index (χ0n) is 15.1. The van der Waals surface area contributed by atoms with Crippen LogP contribution in [0.3, 0.4) is 0 Å². The first kappa shape index (κ1) is 17.8. The average Bonchev–Trinajstić information content (AvgIpc) is 2.63. The van der Waals surface area contributed by atoms with Gasteiger partial charge in [-0.1, -0.05) is 30.3 Å². The molecule has 0 aliphatic carbocycles. The third kappa shape index (κ3) is 4.74. The van der Waals surface area contributed by atoms with Crippen molar-refractivity contribution >= 4 is 11.9 Å². The Kier molecular flexibility index (Phi) is 5.95. The number of urea groups is 1. The van der Waals surface area contributed by atoms with Crippen molar-refractivity contribution < 1.29 is 9.59 Å². The number of piperidine rings is 2. The van der Waals surface area contributed by atoms with Gasteiger partial charge in [-0.25, -0.2) is 4.79 Å². The molecule has 0 bridgehead atoms. The molecule has 2 heterocycles. The highest BCUT2D eigenvalue weighted by Crippen LogP contribution is 2.21. The lowest BCUT2D eigenvalue weighted by atomic mass is 9.96. The molecule has 0 radical (unpaired) electrons. The summed E-state index contributed by atoms with van der Waals surface area (Å²) >= 11 is 0. The van der Waals surface area contributed by atoms with E-state index in [1.165, 1.54) is 12.0 Å². The van der Waals surface area contributed by atoms with Crippen molar-refractivity contribution in [3.8, 4) is 0 Å². The summed E-state index contributed by atoms with van der Waals surface area (Å²) < 4.78 is 0. The zero-order valence-corrected chi connectivity index (χ0v) is 15.1. The van der Waals surface area contributed by atoms with E-state index in [1.807, 2.05) is 15.9 Å². The molecule has 5 heteroatoms. The smallest absolute Gasteiger partial charge is 0.317 e. The average molecular weight is 343 g/mol. The van der Waals surface area contributed by atoms with Crippen LogP contribution < -0.4 is 5.32 Å². The number of nitrogens with zero attached hydrogens (tertiary/aromatic N) is 2. The van der Waals surface area contributed by atoms with Gasteiger partial charge in [0, 0.05) is 38.6 Å². The van der Waals surface area contributed by atoms with Crippen LogP contribution in [0.25, 0.3) is 0 Å². The molecule has 1 N–H and O–H groups in total. The molecule has 1 atom stereocenters. The molecule has 0 saturated carbocycles. The maximum Gasteiger partial charge on any atom is 0.317 e. The summed E-state index contributed by atoms with van der Waals surface area (Å²) in [5, 5.41) is 3.21. The van der Waals surface area contributed by atoms with Gasteiger partial charge in [-0.2, -0.15) is 0 Å². The van der Waals surface area contributed by atoms with Crippen molar-refractivity contribution in [2.75, 3.05) is 19.6 Å². The Hall–Kier alpha value is -2.04. The largest absolute Gasteiger partial charge is 0.343 e. The lowest BCUT2D eigenvalue weighted by molar-refractivity contribution is -0.129. The molecule has 136 valence electrons. The van der Waals surface area contributed by atoms with Crippen molar-refractivity contribution in [2.45, 2.75) is 57.5 Å². The van der Waals surface area contributed by atoms with Gasteiger partial charge in [0.15, 0.2) is 0 Å². The summed E-state index contributed by atoms with van der Waals surface area (Å²) in [6.45, 7) is 3.94. The van der Waals surface area contributed by atoms with Gasteiger partial charge in [-0.05, 0) is 44.1 Å². The molecule has 2 fully saturated rings. The van der Waals surface area contributed by atoms with E-state index in [0.29, 0.717) is 0 Å². The van der Waals surface area contributed by atoms with Crippen molar-refractivity contribution in [3.63, 3.8) is 0 Å². The molecule has 1 aromatic carbocycles. The predicted molar refractivity (Wildman–Crippen MR) is 98.3 cm³/mol. The van der Waals surface area contributed by atoms with E-state index in [1.54, 1.807) is 6.92 Å². The Morgan fingerprint density at radius 2 is 1.76 bits per heavy atom. The summed E-state index contributed by atoms with van der Waals surface area (Å²) in [6.07, 6.45) is 5.98. The molecule has 2 aliphatic rings. The number of hydrogen-bond donors (Lipinski definition) is 1. The third-order valence-corrected chi connectivity index (χ3v) is 5.47. The van der Waals surface area contributed by atoms with Gasteiger partial charge in [0.1, 0.15) is 0 Å². The van der Waals surface area contributed by atoms with Crippen LogP contribution in [-0.2, 0) is 11.2 Å². The molecule has 5 nitrogen and oxygen atoms in total. The van der Waals surface area contributed by atoms with Gasteiger partial charge < -0.3 is 15.1 Å². The molecule has 25 heavy (non-hydrogen) atoms. The van der Waals surface area contributed by atoms with Gasteiger partial charge >= 0.3 is 6.03 Å². The van der Waals surface area contributed by atoms with Crippen LogP contribution in [0.2, 0.25) is 0 Å². The molecule has 0 spiro atoms. The number of likely N-dealkylation sites (tertiary alicyclic amines) is 2. The minimum Gasteiger partial charge on any atom is -0.343 e. The van der Waals surface area contributed by atoms with Crippen molar-refractivity contribution in [2.24, 2.45) is 0 Å². The summed E-state index contributed by atoms with van der Waals surface area (Å²) in [4.78, 5) is 28.1. The molecule has 2 aliphatic heterocycles. The van der Waals surface area contributed by atoms with E-state index in [0.717, 1.165) is 51.7 Å². The second-order valence-electron chi connectivity index (χ2n) is 7.26. The van der Waals surface area contributed by atoms with E-state index in [4.69, 9.17) is 0 Å². The van der Waals surface area contributed by atoms with Crippen molar-refractivity contribution in [3.05, 3.63) is 35.9 Å². The van der Waals surface area contributed by atoms with Crippen LogP contribution in [0.15, 0.2) is 30.3 Å². The van der Waals surface area contributed by atoms with Crippen molar-refractivity contribution in [1.82, 2.24) is 15.1 Å². The molecule has 1 unspecified atom stereocenters. The fourth-order valence-electron chi connectivity index (χ4n) is 3.96. The predicted octanol–water partition coefficient (Wildman–Crippen LogP) is 2.80. The van der Waals surface area contributed by atoms with Gasteiger partial charge in [0.2, 0.25) is 5.91 Å². The quantitative estimate of drug-likeness (QED) is 0.917. The monoisotopic (exact) mass is 343 g/mol. The maximum absolute atomic E-state index is 12.8. The lowest BCUT2D eigenvalue weighted by Crippen LogP contribution is -2.54. The van der Waals surface area contributed by atoms with Crippen LogP contribution in [0.1, 0.15) is 44.6 Å². The first-order valence-electron chi connectivity index (χ1n) is 9.50. The Labute approximate surface area is 150 Å². The van der Waals surface area contributed by atoms with Gasteiger partial charge in [-0.15, -0.1) is 0 Å². The fraction of sp³-hybridized carbons (Fsp3) is 0.600. The molecule has 3 rings (SSSR count). The van der Waals surface area contributed by atoms with E-state index >= 15 is 0 Å². The maximum atomic E-state index is 12.8. The Morgan fingerprint density at radius 1 is 1.04 bits per heavy atom. The molecule has 0 aromatic heterocycles. The SMILES string of the molecule is CC(=O)N1CCC(NC(=O)N2CCCCC2Cc2ccccc2)CC1. The summed E-state index contributed by atoms with van der Waals surface area (Å²) in [7, 11) is 0. The molecular weight excluding hydrogens is 314 g/mol. The minimum atomic E-state index is 0.0712. The van der Waals surface area contributed by atoms with Gasteiger partial charge in [0.25, 0.3) is 0 Å². The van der Waals surface area contributed by atoms with E-state index in [-0.39, 0.29) is 24.0 Å². The Morgan fingerprint density at radius 3 is 2.44 bits per heavy atom. The molecule has 2 saturated heterocycles. The van der Waals surface area contributed by atoms with E-state index < -0.39 is 0 Å². The number of carbonyl (C=O) groups is 2. The minimum absolute atomic E-state index is 0.0712. The lowest BCUT2D eigenvalue weighted by Gasteiger charge is -2.38. The summed E-state index contributed by atoms with van der Waals surface area (Å²) in [5.41, 5.74) is 1.29. The zero-order chi connectivity index (χ0) is 17.6. The number of hydrogen-bond acceptors (Lipinski definition) is 2. The molecular formula is C20H29N3O2. The highest BCUT2D eigenvalue weighted by Gasteiger charge is 2.29. The first-order chi connectivity index (χ1) is 12.1. The highest BCUT2D eigenvalue weighted by atomic mass is 16.2. The number of benzene rings is 1. The Balaban J connectivity index is 1.55. The van der Waals surface area contributed by atoms with E-state index in [2.05, 4.69) is 29.6 Å². The second-order valence-corrected chi connectivity index (χ2v) is 7.26. The second kappa shape index (κ2) is 8.37. The number of nitrogens with one attached hydrogen (secondary N) is 1. The molecule has 3 amide bonds. The first-order valence-corrected chi connectivity index (χ1v) is 9.50. The summed E-state index contributed by atoms with van der Waals surface area (Å²) in [5.74, 6) is 0.128. The van der Waals surface area contributed by atoms with Crippen LogP contribution in [0.4, 0.5) is 4.79 Å². The summed E-state index contributed by atoms with van der Waals surface area (Å²) in [6, 6.07) is 11.0. The molecule has 1 aromatic rings. The topological polar surface area (TPSA) is 52.7 Å². The number of amides is 3. The fourth-order valence-corrected chi connectivity index (χ4v) is 3.96. The van der Waals surface area contributed by atoms with E-state index in [9.17, 15) is 9.59 Å². The van der Waals surface area contributed by atoms with Crippen LogP contribution in [-0.4, -0.2) is 53.5 Å².